The number of hydrogen-bond donors (Lipinski definition) is 1. The smallest absolute Gasteiger partial charge is 0.203 e. The second-order valence-corrected chi connectivity index (χ2v) is 7.27. The van der Waals surface area contributed by atoms with E-state index >= 15 is 0 Å². The average molecular weight is 551 g/mol. The summed E-state index contributed by atoms with van der Waals surface area (Å²) in [7, 11) is 4.90. The number of halogens is 1. The Kier molecular flexibility index (Phi) is 10.7. The average Bonchev–Trinajstić information content (AvgIpc) is 2.83. The molecular weight excluding hydrogens is 517 g/mol. The summed E-state index contributed by atoms with van der Waals surface area (Å²) in [5, 5.41) is 3.43. The Hall–Kier alpha value is -2.42. The third-order valence-corrected chi connectivity index (χ3v) is 5.42. The molecular formula is C25H34IN3O3. The van der Waals surface area contributed by atoms with Crippen LogP contribution in [0.1, 0.15) is 24.5 Å². The first-order valence-electron chi connectivity index (χ1n) is 10.8. The molecule has 6 nitrogen and oxygen atoms in total. The van der Waals surface area contributed by atoms with E-state index in [1.165, 1.54) is 11.1 Å². The Bertz CT molecular complexity index is 916. The number of hydrogen-bond acceptors (Lipinski definition) is 4. The molecule has 0 saturated heterocycles. The zero-order valence-corrected chi connectivity index (χ0v) is 21.7. The first-order valence-corrected chi connectivity index (χ1v) is 10.8. The molecule has 1 heterocycles. The monoisotopic (exact) mass is 551 g/mol. The van der Waals surface area contributed by atoms with Crippen LogP contribution in [0.4, 0.5) is 0 Å². The number of ether oxygens (including phenoxy) is 3. The van der Waals surface area contributed by atoms with Crippen LogP contribution in [0.5, 0.6) is 17.2 Å². The van der Waals surface area contributed by atoms with Crippen molar-refractivity contribution in [2.75, 3.05) is 47.5 Å². The van der Waals surface area contributed by atoms with Crippen molar-refractivity contribution in [3.05, 3.63) is 59.7 Å². The van der Waals surface area contributed by atoms with Gasteiger partial charge in [-0.1, -0.05) is 42.5 Å². The van der Waals surface area contributed by atoms with Gasteiger partial charge in [0.1, 0.15) is 0 Å². The van der Waals surface area contributed by atoms with Crippen molar-refractivity contribution in [1.29, 1.82) is 0 Å². The Morgan fingerprint density at radius 2 is 1.75 bits per heavy atom. The topological polar surface area (TPSA) is 55.3 Å². The van der Waals surface area contributed by atoms with Crippen LogP contribution in [-0.2, 0) is 6.42 Å². The molecule has 1 N–H and O–H groups in total. The number of nitrogens with one attached hydrogen (secondary N) is 1. The highest BCUT2D eigenvalue weighted by atomic mass is 127. The fourth-order valence-corrected chi connectivity index (χ4v) is 3.84. The summed E-state index contributed by atoms with van der Waals surface area (Å²) in [6.45, 7) is 5.40. The highest BCUT2D eigenvalue weighted by Gasteiger charge is 2.17. The molecule has 0 spiro atoms. The van der Waals surface area contributed by atoms with Gasteiger partial charge in [-0.3, -0.25) is 4.99 Å². The summed E-state index contributed by atoms with van der Waals surface area (Å²) < 4.78 is 16.5. The minimum Gasteiger partial charge on any atom is -0.493 e. The van der Waals surface area contributed by atoms with Crippen LogP contribution < -0.4 is 19.5 Å². The van der Waals surface area contributed by atoms with Gasteiger partial charge in [0.2, 0.25) is 5.75 Å². The van der Waals surface area contributed by atoms with Crippen LogP contribution in [0.3, 0.4) is 0 Å². The van der Waals surface area contributed by atoms with Gasteiger partial charge in [0.05, 0.1) is 21.3 Å². The lowest BCUT2D eigenvalue weighted by molar-refractivity contribution is 0.322. The number of rotatable bonds is 8. The lowest BCUT2D eigenvalue weighted by Crippen LogP contribution is -2.43. The lowest BCUT2D eigenvalue weighted by Gasteiger charge is -2.30. The summed E-state index contributed by atoms with van der Waals surface area (Å²) in [4.78, 5) is 7.19. The first kappa shape index (κ1) is 25.8. The van der Waals surface area contributed by atoms with Gasteiger partial charge in [-0.25, -0.2) is 0 Å². The standard InChI is InChI=1S/C25H33N3O3.HI/c1-5-26-25(28-17-14-20(15-18-28)19-9-7-6-8-10-19)27-16-13-21-11-12-22(29-2)24(31-4)23(21)30-3;/h6-12,14H,5,13,15-18H2,1-4H3,(H,26,27);1H. The molecule has 0 radical (unpaired) electrons. The predicted octanol–water partition coefficient (Wildman–Crippen LogP) is 4.63. The third kappa shape index (κ3) is 6.31. The van der Waals surface area contributed by atoms with Gasteiger partial charge in [-0.2, -0.15) is 0 Å². The Labute approximate surface area is 208 Å². The highest BCUT2D eigenvalue weighted by molar-refractivity contribution is 14.0. The Balaban J connectivity index is 0.00000363. The van der Waals surface area contributed by atoms with Crippen molar-refractivity contribution in [3.63, 3.8) is 0 Å². The molecule has 0 saturated carbocycles. The summed E-state index contributed by atoms with van der Waals surface area (Å²) in [6.07, 6.45) is 4.07. The molecule has 3 rings (SSSR count). The fraction of sp³-hybridized carbons (Fsp3) is 0.400. The van der Waals surface area contributed by atoms with Gasteiger partial charge in [0.15, 0.2) is 17.5 Å². The van der Waals surface area contributed by atoms with Crippen LogP contribution >= 0.6 is 24.0 Å². The molecule has 7 heteroatoms. The summed E-state index contributed by atoms with van der Waals surface area (Å²) in [5.74, 6) is 2.93. The predicted molar refractivity (Wildman–Crippen MR) is 142 cm³/mol. The number of nitrogens with zero attached hydrogens (tertiary/aromatic N) is 2. The summed E-state index contributed by atoms with van der Waals surface area (Å²) in [6, 6.07) is 14.5. The van der Waals surface area contributed by atoms with Crippen molar-refractivity contribution in [2.45, 2.75) is 19.8 Å². The van der Waals surface area contributed by atoms with Crippen molar-refractivity contribution >= 4 is 35.5 Å². The molecule has 0 fully saturated rings. The van der Waals surface area contributed by atoms with Crippen LogP contribution in [0.15, 0.2) is 53.5 Å². The van der Waals surface area contributed by atoms with Gasteiger partial charge >= 0.3 is 0 Å². The van der Waals surface area contributed by atoms with E-state index in [1.54, 1.807) is 21.3 Å². The van der Waals surface area contributed by atoms with Gasteiger partial charge < -0.3 is 24.4 Å². The lowest BCUT2D eigenvalue weighted by atomic mass is 10.00. The molecule has 174 valence electrons. The van der Waals surface area contributed by atoms with Gasteiger partial charge in [0, 0.05) is 31.7 Å². The molecule has 0 bridgehead atoms. The van der Waals surface area contributed by atoms with E-state index in [0.29, 0.717) is 23.8 Å². The van der Waals surface area contributed by atoms with Gasteiger partial charge in [0.25, 0.3) is 0 Å². The van der Waals surface area contributed by atoms with E-state index in [1.807, 2.05) is 12.1 Å². The van der Waals surface area contributed by atoms with E-state index in [9.17, 15) is 0 Å². The molecule has 32 heavy (non-hydrogen) atoms. The number of guanidine groups is 1. The van der Waals surface area contributed by atoms with E-state index in [4.69, 9.17) is 19.2 Å². The minimum atomic E-state index is 0. The second kappa shape index (κ2) is 13.2. The van der Waals surface area contributed by atoms with Crippen molar-refractivity contribution in [1.82, 2.24) is 10.2 Å². The summed E-state index contributed by atoms with van der Waals surface area (Å²) in [5.41, 5.74) is 3.76. The van der Waals surface area contributed by atoms with Crippen molar-refractivity contribution in [3.8, 4) is 17.2 Å². The van der Waals surface area contributed by atoms with Gasteiger partial charge in [-0.05, 0) is 37.0 Å². The molecule has 0 amide bonds. The van der Waals surface area contributed by atoms with E-state index < -0.39 is 0 Å². The third-order valence-electron chi connectivity index (χ3n) is 5.42. The molecule has 2 aromatic rings. The zero-order chi connectivity index (χ0) is 22.1. The molecule has 2 aromatic carbocycles. The number of aliphatic imine (C=N–C) groups is 1. The quantitative estimate of drug-likeness (QED) is 0.295. The van der Waals surface area contributed by atoms with E-state index in [2.05, 4.69) is 53.5 Å². The normalized spacial score (nSPS) is 13.7. The first-order chi connectivity index (χ1) is 15.2. The zero-order valence-electron chi connectivity index (χ0n) is 19.4. The SMILES string of the molecule is CCNC(=NCCc1ccc(OC)c(OC)c1OC)N1CC=C(c2ccccc2)CC1.I. The molecule has 0 atom stereocenters. The second-order valence-electron chi connectivity index (χ2n) is 7.27. The van der Waals surface area contributed by atoms with Crippen LogP contribution in [0, 0.1) is 0 Å². The molecule has 0 aliphatic carbocycles. The number of methoxy groups -OCH3 is 3. The van der Waals surface area contributed by atoms with Gasteiger partial charge in [-0.15, -0.1) is 24.0 Å². The Morgan fingerprint density at radius 3 is 2.34 bits per heavy atom. The largest absolute Gasteiger partial charge is 0.493 e. The maximum Gasteiger partial charge on any atom is 0.203 e. The minimum absolute atomic E-state index is 0. The van der Waals surface area contributed by atoms with Crippen LogP contribution in [0.25, 0.3) is 5.57 Å². The molecule has 1 aliphatic heterocycles. The van der Waals surface area contributed by atoms with Crippen LogP contribution in [-0.4, -0.2) is 58.4 Å². The van der Waals surface area contributed by atoms with Crippen molar-refractivity contribution in [2.24, 2.45) is 4.99 Å². The Morgan fingerprint density at radius 1 is 1.00 bits per heavy atom. The maximum atomic E-state index is 5.60. The summed E-state index contributed by atoms with van der Waals surface area (Å²) >= 11 is 0. The van der Waals surface area contributed by atoms with Crippen LogP contribution in [0.2, 0.25) is 0 Å². The maximum absolute atomic E-state index is 5.60. The molecule has 1 aliphatic rings. The van der Waals surface area contributed by atoms with E-state index in [0.717, 1.165) is 44.0 Å². The van der Waals surface area contributed by atoms with E-state index in [-0.39, 0.29) is 24.0 Å². The molecule has 0 unspecified atom stereocenters. The number of benzene rings is 2. The fourth-order valence-electron chi connectivity index (χ4n) is 3.84. The molecule has 0 aromatic heterocycles. The van der Waals surface area contributed by atoms with Crippen molar-refractivity contribution < 1.29 is 14.2 Å². The highest BCUT2D eigenvalue weighted by Crippen LogP contribution is 2.39.